The van der Waals surface area contributed by atoms with Crippen LogP contribution >= 0.6 is 0 Å². The molecular formula is C23H18FN3O2. The molecule has 0 aliphatic heterocycles. The van der Waals surface area contributed by atoms with Gasteiger partial charge in [-0.2, -0.15) is 5.10 Å². The first-order valence-corrected chi connectivity index (χ1v) is 9.16. The highest BCUT2D eigenvalue weighted by atomic mass is 19.1. The fourth-order valence-corrected chi connectivity index (χ4v) is 3.29. The van der Waals surface area contributed by atoms with E-state index in [1.807, 2.05) is 30.3 Å². The first-order valence-electron chi connectivity index (χ1n) is 9.16. The van der Waals surface area contributed by atoms with Gasteiger partial charge in [0.05, 0.1) is 17.8 Å². The van der Waals surface area contributed by atoms with Crippen LogP contribution in [0.15, 0.2) is 89.9 Å². The lowest BCUT2D eigenvalue weighted by molar-refractivity contribution is -0.122. The first-order chi connectivity index (χ1) is 14.1. The van der Waals surface area contributed by atoms with Crippen LogP contribution in [0.5, 0.6) is 0 Å². The number of fused-ring (bicyclic) bond motifs is 1. The Kier molecular flexibility index (Phi) is 5.16. The molecule has 0 fully saturated rings. The third kappa shape index (κ3) is 4.06. The number of para-hydroxylation sites is 1. The number of carbonyl (C=O) groups is 1. The van der Waals surface area contributed by atoms with Crippen LogP contribution in [-0.2, 0) is 11.3 Å². The summed E-state index contributed by atoms with van der Waals surface area (Å²) in [5.74, 6) is -0.611. The van der Waals surface area contributed by atoms with E-state index in [-0.39, 0.29) is 23.7 Å². The monoisotopic (exact) mass is 387 g/mol. The summed E-state index contributed by atoms with van der Waals surface area (Å²) in [4.78, 5) is 24.8. The molecule has 1 heterocycles. The Balaban J connectivity index is 1.63. The molecule has 5 nitrogen and oxygen atoms in total. The Morgan fingerprint density at radius 1 is 0.931 bits per heavy atom. The Hall–Kier alpha value is -3.80. The van der Waals surface area contributed by atoms with Gasteiger partial charge in [-0.3, -0.25) is 14.3 Å². The van der Waals surface area contributed by atoms with Crippen LogP contribution in [0.4, 0.5) is 4.39 Å². The summed E-state index contributed by atoms with van der Waals surface area (Å²) in [5.41, 5.74) is 2.05. The van der Waals surface area contributed by atoms with Crippen molar-refractivity contribution in [3.63, 3.8) is 0 Å². The molecule has 6 heteroatoms. The SMILES string of the molecule is O=C(Cn1ncc(=O)c2ccccc21)NC(c1ccccc1)c1ccc(F)cc1. The molecule has 0 spiro atoms. The van der Waals surface area contributed by atoms with E-state index in [0.717, 1.165) is 11.1 Å². The first kappa shape index (κ1) is 18.6. The average molecular weight is 387 g/mol. The van der Waals surface area contributed by atoms with E-state index in [9.17, 15) is 14.0 Å². The zero-order valence-electron chi connectivity index (χ0n) is 15.5. The largest absolute Gasteiger partial charge is 0.344 e. The van der Waals surface area contributed by atoms with Crippen LogP contribution in [-0.4, -0.2) is 15.7 Å². The highest BCUT2D eigenvalue weighted by Gasteiger charge is 2.18. The molecule has 1 amide bonds. The zero-order chi connectivity index (χ0) is 20.2. The fourth-order valence-electron chi connectivity index (χ4n) is 3.29. The minimum atomic E-state index is -0.435. The van der Waals surface area contributed by atoms with Gasteiger partial charge in [-0.05, 0) is 35.4 Å². The second-order valence-electron chi connectivity index (χ2n) is 6.65. The molecule has 0 saturated heterocycles. The number of benzene rings is 3. The molecule has 1 unspecified atom stereocenters. The molecule has 4 rings (SSSR count). The number of amides is 1. The van der Waals surface area contributed by atoms with Crippen LogP contribution < -0.4 is 10.7 Å². The molecule has 0 bridgehead atoms. The van der Waals surface area contributed by atoms with Gasteiger partial charge < -0.3 is 5.32 Å². The third-order valence-electron chi connectivity index (χ3n) is 4.70. The number of hydrogen-bond acceptors (Lipinski definition) is 3. The predicted octanol–water partition coefficient (Wildman–Crippen LogP) is 3.44. The minimum Gasteiger partial charge on any atom is -0.344 e. The topological polar surface area (TPSA) is 64.0 Å². The van der Waals surface area contributed by atoms with Crippen molar-refractivity contribution in [3.8, 4) is 0 Å². The molecule has 1 atom stereocenters. The molecule has 1 aromatic heterocycles. The number of hydrogen-bond donors (Lipinski definition) is 1. The molecule has 1 N–H and O–H groups in total. The average Bonchev–Trinajstić information content (AvgIpc) is 2.76. The van der Waals surface area contributed by atoms with Crippen LogP contribution in [0.2, 0.25) is 0 Å². The molecule has 29 heavy (non-hydrogen) atoms. The smallest absolute Gasteiger partial charge is 0.242 e. The number of halogens is 1. The van der Waals surface area contributed by atoms with Gasteiger partial charge in [-0.1, -0.05) is 54.6 Å². The standard InChI is InChI=1S/C23H18FN3O2/c24-18-12-10-17(11-13-18)23(16-6-2-1-3-7-16)26-22(29)15-27-20-9-5-4-8-19(20)21(28)14-25-27/h1-14,23H,15H2,(H,26,29). The predicted molar refractivity (Wildman–Crippen MR) is 109 cm³/mol. The molecule has 0 radical (unpaired) electrons. The summed E-state index contributed by atoms with van der Waals surface area (Å²) in [6.07, 6.45) is 1.21. The van der Waals surface area contributed by atoms with Crippen molar-refractivity contribution < 1.29 is 9.18 Å². The van der Waals surface area contributed by atoms with E-state index >= 15 is 0 Å². The molecule has 4 aromatic rings. The maximum absolute atomic E-state index is 13.4. The van der Waals surface area contributed by atoms with Crippen LogP contribution in [0, 0.1) is 5.82 Å². The summed E-state index contributed by atoms with van der Waals surface area (Å²) in [6.45, 7) is -0.0503. The third-order valence-corrected chi connectivity index (χ3v) is 4.70. The fraction of sp³-hybridized carbons (Fsp3) is 0.0870. The quantitative estimate of drug-likeness (QED) is 0.571. The highest BCUT2D eigenvalue weighted by Crippen LogP contribution is 2.22. The number of aromatic nitrogens is 2. The Morgan fingerprint density at radius 3 is 2.34 bits per heavy atom. The van der Waals surface area contributed by atoms with Crippen molar-refractivity contribution in [2.24, 2.45) is 0 Å². The van der Waals surface area contributed by atoms with E-state index in [2.05, 4.69) is 10.4 Å². The minimum absolute atomic E-state index is 0.0503. The number of carbonyl (C=O) groups excluding carboxylic acids is 1. The van der Waals surface area contributed by atoms with Crippen LogP contribution in [0.25, 0.3) is 10.9 Å². The lowest BCUT2D eigenvalue weighted by Crippen LogP contribution is -2.33. The summed E-state index contributed by atoms with van der Waals surface area (Å²) in [5, 5.41) is 7.61. The Bertz CT molecular complexity index is 1200. The van der Waals surface area contributed by atoms with Crippen molar-refractivity contribution in [2.45, 2.75) is 12.6 Å². The maximum Gasteiger partial charge on any atom is 0.242 e. The van der Waals surface area contributed by atoms with Crippen molar-refractivity contribution in [1.29, 1.82) is 0 Å². The summed E-state index contributed by atoms with van der Waals surface area (Å²) >= 11 is 0. The molecule has 144 valence electrons. The van der Waals surface area contributed by atoms with E-state index in [4.69, 9.17) is 0 Å². The summed E-state index contributed by atoms with van der Waals surface area (Å²) < 4.78 is 14.9. The number of nitrogens with one attached hydrogen (secondary N) is 1. The van der Waals surface area contributed by atoms with Gasteiger partial charge >= 0.3 is 0 Å². The summed E-state index contributed by atoms with van der Waals surface area (Å²) in [6, 6.07) is 22.1. The maximum atomic E-state index is 13.4. The highest BCUT2D eigenvalue weighted by molar-refractivity contribution is 5.81. The van der Waals surface area contributed by atoms with E-state index < -0.39 is 6.04 Å². The number of rotatable bonds is 5. The van der Waals surface area contributed by atoms with Crippen molar-refractivity contribution in [3.05, 3.63) is 112 Å². The van der Waals surface area contributed by atoms with Crippen molar-refractivity contribution >= 4 is 16.8 Å². The number of nitrogens with zero attached hydrogens (tertiary/aromatic N) is 2. The second-order valence-corrected chi connectivity index (χ2v) is 6.65. The molecule has 0 aliphatic carbocycles. The van der Waals surface area contributed by atoms with Crippen LogP contribution in [0.1, 0.15) is 17.2 Å². The van der Waals surface area contributed by atoms with Crippen molar-refractivity contribution in [2.75, 3.05) is 0 Å². The van der Waals surface area contributed by atoms with Gasteiger partial charge in [0.1, 0.15) is 12.4 Å². The van der Waals surface area contributed by atoms with E-state index in [1.165, 1.54) is 23.0 Å². The van der Waals surface area contributed by atoms with Crippen LogP contribution in [0.3, 0.4) is 0 Å². The normalized spacial score (nSPS) is 11.9. The van der Waals surface area contributed by atoms with E-state index in [1.54, 1.807) is 36.4 Å². The Labute approximate surface area is 166 Å². The molecule has 0 saturated carbocycles. The van der Waals surface area contributed by atoms with Gasteiger partial charge in [0.25, 0.3) is 0 Å². The second kappa shape index (κ2) is 8.06. The van der Waals surface area contributed by atoms with Gasteiger partial charge in [0.15, 0.2) is 0 Å². The Morgan fingerprint density at radius 2 is 1.59 bits per heavy atom. The zero-order valence-corrected chi connectivity index (χ0v) is 15.5. The van der Waals surface area contributed by atoms with E-state index in [0.29, 0.717) is 10.9 Å². The lowest BCUT2D eigenvalue weighted by Gasteiger charge is -2.20. The molecule has 3 aromatic carbocycles. The summed E-state index contributed by atoms with van der Waals surface area (Å²) in [7, 11) is 0. The molecule has 0 aliphatic rings. The van der Waals surface area contributed by atoms with Crippen molar-refractivity contribution in [1.82, 2.24) is 15.1 Å². The van der Waals surface area contributed by atoms with Gasteiger partial charge in [-0.25, -0.2) is 4.39 Å². The van der Waals surface area contributed by atoms with Gasteiger partial charge in [0.2, 0.25) is 11.3 Å². The van der Waals surface area contributed by atoms with Gasteiger partial charge in [-0.15, -0.1) is 0 Å². The lowest BCUT2D eigenvalue weighted by atomic mass is 9.98. The molecular weight excluding hydrogens is 369 g/mol. The van der Waals surface area contributed by atoms with Gasteiger partial charge in [0, 0.05) is 5.39 Å².